The second kappa shape index (κ2) is 4.15. The molecule has 0 heterocycles. The van der Waals surface area contributed by atoms with Crippen LogP contribution in [0.5, 0.6) is 11.5 Å². The van der Waals surface area contributed by atoms with E-state index in [-0.39, 0.29) is 10.0 Å². The largest absolute Gasteiger partial charge is 0.504 e. The van der Waals surface area contributed by atoms with Crippen molar-refractivity contribution in [2.45, 2.75) is 5.75 Å². The van der Waals surface area contributed by atoms with E-state index >= 15 is 0 Å². The van der Waals surface area contributed by atoms with Crippen LogP contribution in [0.2, 0.25) is 0 Å². The lowest BCUT2D eigenvalue weighted by molar-refractivity contribution is 0.376. The van der Waals surface area contributed by atoms with Gasteiger partial charge in [-0.05, 0) is 6.07 Å². The summed E-state index contributed by atoms with van der Waals surface area (Å²) in [5.74, 6) is -3.62. The Morgan fingerprint density at radius 2 is 1.93 bits per heavy atom. The van der Waals surface area contributed by atoms with Gasteiger partial charge in [0.05, 0.1) is 5.75 Å². The van der Waals surface area contributed by atoms with Gasteiger partial charge < -0.3 is 10.2 Å². The number of benzene rings is 1. The molecule has 8 heteroatoms. The van der Waals surface area contributed by atoms with Crippen molar-refractivity contribution in [1.82, 2.24) is 0 Å². The Hall–Kier alpha value is -0.530. The summed E-state index contributed by atoms with van der Waals surface area (Å²) in [6.07, 6.45) is 0. The summed E-state index contributed by atoms with van der Waals surface area (Å²) in [5, 5.41) is 18.3. The van der Waals surface area contributed by atoms with Crippen LogP contribution in [0.3, 0.4) is 0 Å². The van der Waals surface area contributed by atoms with Gasteiger partial charge in [0.2, 0.25) is 9.05 Å². The maximum absolute atomic E-state index is 12.8. The van der Waals surface area contributed by atoms with Gasteiger partial charge in [-0.3, -0.25) is 0 Å². The van der Waals surface area contributed by atoms with E-state index in [9.17, 15) is 17.9 Å². The van der Waals surface area contributed by atoms with E-state index < -0.39 is 32.1 Å². The average Bonchev–Trinajstić information content (AvgIpc) is 2.07. The molecule has 0 atom stereocenters. The second-order valence-corrected chi connectivity index (χ2v) is 6.33. The summed E-state index contributed by atoms with van der Waals surface area (Å²) in [6.45, 7) is 0. The van der Waals surface area contributed by atoms with Gasteiger partial charge in [0.15, 0.2) is 17.3 Å². The lowest BCUT2D eigenvalue weighted by Gasteiger charge is -2.07. The minimum Gasteiger partial charge on any atom is -0.504 e. The lowest BCUT2D eigenvalue weighted by Crippen LogP contribution is -1.98. The van der Waals surface area contributed by atoms with Crippen LogP contribution in [0.25, 0.3) is 0 Å². The van der Waals surface area contributed by atoms with E-state index in [0.29, 0.717) is 0 Å². The molecule has 0 saturated heterocycles. The third kappa shape index (κ3) is 2.96. The number of hydrogen-bond donors (Lipinski definition) is 2. The molecule has 4 nitrogen and oxygen atoms in total. The molecule has 0 unspecified atom stereocenters. The van der Waals surface area contributed by atoms with E-state index in [1.165, 1.54) is 0 Å². The molecule has 2 N–H and O–H groups in total. The van der Waals surface area contributed by atoms with Crippen molar-refractivity contribution in [3.05, 3.63) is 21.9 Å². The van der Waals surface area contributed by atoms with Gasteiger partial charge in [0, 0.05) is 20.7 Å². The highest BCUT2D eigenvalue weighted by Crippen LogP contribution is 2.38. The fourth-order valence-electron chi connectivity index (χ4n) is 0.946. The summed E-state index contributed by atoms with van der Waals surface area (Å²) in [4.78, 5) is 0. The summed E-state index contributed by atoms with van der Waals surface area (Å²) in [7, 11) is 1.07. The predicted octanol–water partition coefficient (Wildman–Crippen LogP) is 2.07. The Balaban J connectivity index is 3.37. The highest BCUT2D eigenvalue weighted by Gasteiger charge is 2.20. The molecule has 84 valence electrons. The Bertz CT molecular complexity index is 502. The first-order chi connectivity index (χ1) is 6.72. The van der Waals surface area contributed by atoms with Crippen molar-refractivity contribution in [2.75, 3.05) is 0 Å². The average molecular weight is 320 g/mol. The standard InChI is InChI=1S/C7H5BrClFO4S/c8-4-1-5(10)7(12)6(11)3(4)2-15(9,13)14/h1,11-12H,2H2. The molecule has 1 aromatic rings. The first-order valence-corrected chi connectivity index (χ1v) is 6.80. The normalized spacial score (nSPS) is 11.7. The van der Waals surface area contributed by atoms with E-state index in [1.807, 2.05) is 0 Å². The van der Waals surface area contributed by atoms with E-state index in [0.717, 1.165) is 6.07 Å². The highest BCUT2D eigenvalue weighted by atomic mass is 79.9. The van der Waals surface area contributed by atoms with Crippen molar-refractivity contribution in [3.63, 3.8) is 0 Å². The molecule has 0 spiro atoms. The van der Waals surface area contributed by atoms with Gasteiger partial charge >= 0.3 is 0 Å². The van der Waals surface area contributed by atoms with Crippen LogP contribution in [0.15, 0.2) is 10.5 Å². The molecule has 0 saturated carbocycles. The quantitative estimate of drug-likeness (QED) is 0.646. The first-order valence-electron chi connectivity index (χ1n) is 3.53. The van der Waals surface area contributed by atoms with Gasteiger partial charge in [0.1, 0.15) is 0 Å². The third-order valence-corrected chi connectivity index (χ3v) is 3.26. The van der Waals surface area contributed by atoms with Gasteiger partial charge in [-0.15, -0.1) is 0 Å². The van der Waals surface area contributed by atoms with E-state index in [1.54, 1.807) is 0 Å². The number of phenols is 2. The summed E-state index contributed by atoms with van der Waals surface area (Å²) < 4.78 is 34.4. The Morgan fingerprint density at radius 1 is 1.40 bits per heavy atom. The van der Waals surface area contributed by atoms with Crippen molar-refractivity contribution in [2.24, 2.45) is 0 Å². The molecule has 0 aromatic heterocycles. The zero-order valence-electron chi connectivity index (χ0n) is 7.04. The molecule has 0 bridgehead atoms. The highest BCUT2D eigenvalue weighted by molar-refractivity contribution is 9.10. The minimum atomic E-state index is -3.90. The smallest absolute Gasteiger partial charge is 0.236 e. The lowest BCUT2D eigenvalue weighted by atomic mass is 10.2. The topological polar surface area (TPSA) is 74.6 Å². The fraction of sp³-hybridized carbons (Fsp3) is 0.143. The van der Waals surface area contributed by atoms with Crippen LogP contribution in [0.4, 0.5) is 4.39 Å². The third-order valence-electron chi connectivity index (χ3n) is 1.59. The maximum atomic E-state index is 12.8. The van der Waals surface area contributed by atoms with Gasteiger partial charge in [-0.1, -0.05) is 15.9 Å². The van der Waals surface area contributed by atoms with Crippen LogP contribution in [-0.2, 0) is 14.8 Å². The maximum Gasteiger partial charge on any atom is 0.236 e. The van der Waals surface area contributed by atoms with Crippen LogP contribution >= 0.6 is 26.6 Å². The molecule has 0 amide bonds. The summed E-state index contributed by atoms with van der Waals surface area (Å²) in [5.41, 5.74) is -0.191. The molecule has 0 aliphatic rings. The Kier molecular flexibility index (Phi) is 3.47. The molecule has 0 aliphatic heterocycles. The first kappa shape index (κ1) is 12.5. The molecule has 1 aromatic carbocycles. The van der Waals surface area contributed by atoms with Crippen LogP contribution in [0, 0.1) is 5.82 Å². The number of hydrogen-bond acceptors (Lipinski definition) is 4. The van der Waals surface area contributed by atoms with Crippen molar-refractivity contribution >= 4 is 35.7 Å². The van der Waals surface area contributed by atoms with E-state index in [2.05, 4.69) is 15.9 Å². The number of phenolic OH excluding ortho intramolecular Hbond substituents is 2. The van der Waals surface area contributed by atoms with Crippen molar-refractivity contribution in [3.8, 4) is 11.5 Å². The molecule has 0 radical (unpaired) electrons. The van der Waals surface area contributed by atoms with Crippen molar-refractivity contribution in [1.29, 1.82) is 0 Å². The summed E-state index contributed by atoms with van der Waals surface area (Å²) in [6, 6.07) is 0.840. The van der Waals surface area contributed by atoms with Crippen molar-refractivity contribution < 1.29 is 23.0 Å². The van der Waals surface area contributed by atoms with Gasteiger partial charge in [-0.25, -0.2) is 12.8 Å². The molecule has 0 aliphatic carbocycles. The summed E-state index contributed by atoms with van der Waals surface area (Å²) >= 11 is 2.85. The van der Waals surface area contributed by atoms with Gasteiger partial charge in [0.25, 0.3) is 0 Å². The van der Waals surface area contributed by atoms with E-state index in [4.69, 9.17) is 15.8 Å². The van der Waals surface area contributed by atoms with Crippen LogP contribution in [0.1, 0.15) is 5.56 Å². The number of rotatable bonds is 2. The number of aromatic hydroxyl groups is 2. The molecule has 1 rings (SSSR count). The Labute approximate surface area is 97.9 Å². The van der Waals surface area contributed by atoms with Crippen LogP contribution < -0.4 is 0 Å². The molecular formula is C7H5BrClFO4S. The Morgan fingerprint density at radius 3 is 2.40 bits per heavy atom. The molecular weight excluding hydrogens is 314 g/mol. The molecule has 15 heavy (non-hydrogen) atoms. The predicted molar refractivity (Wildman–Crippen MR) is 55.9 cm³/mol. The monoisotopic (exact) mass is 318 g/mol. The number of halogens is 3. The SMILES string of the molecule is O=S(=O)(Cl)Cc1c(Br)cc(F)c(O)c1O. The van der Waals surface area contributed by atoms with Gasteiger partial charge in [-0.2, -0.15) is 0 Å². The zero-order chi connectivity index (χ0) is 11.8. The second-order valence-electron chi connectivity index (χ2n) is 2.70. The van der Waals surface area contributed by atoms with Crippen LogP contribution in [-0.4, -0.2) is 18.6 Å². The minimum absolute atomic E-state index is 0.0134. The zero-order valence-corrected chi connectivity index (χ0v) is 10.2. The fourth-order valence-corrected chi connectivity index (χ4v) is 2.62. The molecule has 0 fully saturated rings.